The molecule has 4 rings (SSSR count). The van der Waals surface area contributed by atoms with E-state index in [1.165, 1.54) is 28.4 Å². The quantitative estimate of drug-likeness (QED) is 0.812. The molecule has 1 atom stereocenters. The zero-order chi connectivity index (χ0) is 19.0. The Bertz CT molecular complexity index is 905. The second-order valence-electron chi connectivity index (χ2n) is 6.46. The zero-order valence-electron chi connectivity index (χ0n) is 14.7. The van der Waals surface area contributed by atoms with E-state index in [2.05, 4.69) is 5.32 Å². The van der Waals surface area contributed by atoms with E-state index in [-0.39, 0.29) is 6.10 Å². The van der Waals surface area contributed by atoms with E-state index in [0.29, 0.717) is 42.6 Å². The van der Waals surface area contributed by atoms with Crippen molar-refractivity contribution in [2.75, 3.05) is 18.5 Å². The third-order valence-electron chi connectivity index (χ3n) is 4.70. The minimum absolute atomic E-state index is 0.124. The first-order chi connectivity index (χ1) is 13.0. The monoisotopic (exact) mass is 390 g/mol. The average molecular weight is 390 g/mol. The van der Waals surface area contributed by atoms with Crippen molar-refractivity contribution in [3.05, 3.63) is 51.6 Å². The lowest BCUT2D eigenvalue weighted by Gasteiger charge is -2.29. The van der Waals surface area contributed by atoms with Crippen molar-refractivity contribution >= 4 is 28.8 Å². The highest BCUT2D eigenvalue weighted by Gasteiger charge is 2.28. The standard InChI is InChI=1S/C19H19FN2O4S/c1-11-18(14-5-7-27-17(14)9-22(11)19(23)24)21-15-3-2-12(20)8-16(15)26-13-4-6-25-10-13/h2-3,5,7-8,13,21H,4,6,9-10H2,1H3,(H,23,24). The molecule has 1 saturated heterocycles. The summed E-state index contributed by atoms with van der Waals surface area (Å²) < 4.78 is 25.1. The number of thiophene rings is 1. The van der Waals surface area contributed by atoms with E-state index < -0.39 is 11.9 Å². The SMILES string of the molecule is CC1=C(Nc2ccc(F)cc2OC2CCOC2)c2ccsc2CN1C(=O)O. The molecule has 27 heavy (non-hydrogen) atoms. The summed E-state index contributed by atoms with van der Waals surface area (Å²) in [6, 6.07) is 6.25. The highest BCUT2D eigenvalue weighted by Crippen LogP contribution is 2.38. The molecular weight excluding hydrogens is 371 g/mol. The van der Waals surface area contributed by atoms with Crippen molar-refractivity contribution in [1.82, 2.24) is 4.90 Å². The van der Waals surface area contributed by atoms with Crippen LogP contribution in [0.5, 0.6) is 5.75 Å². The molecule has 2 aliphatic rings. The van der Waals surface area contributed by atoms with E-state index in [9.17, 15) is 14.3 Å². The number of hydrogen-bond acceptors (Lipinski definition) is 5. The van der Waals surface area contributed by atoms with Gasteiger partial charge in [-0.25, -0.2) is 9.18 Å². The molecule has 1 unspecified atom stereocenters. The molecule has 2 N–H and O–H groups in total. The fourth-order valence-corrected chi connectivity index (χ4v) is 4.13. The summed E-state index contributed by atoms with van der Waals surface area (Å²) in [4.78, 5) is 13.9. The molecule has 2 aliphatic heterocycles. The van der Waals surface area contributed by atoms with Crippen LogP contribution in [-0.2, 0) is 11.3 Å². The largest absolute Gasteiger partial charge is 0.486 e. The molecule has 0 saturated carbocycles. The molecule has 8 heteroatoms. The van der Waals surface area contributed by atoms with E-state index in [1.807, 2.05) is 11.4 Å². The van der Waals surface area contributed by atoms with Gasteiger partial charge in [0.05, 0.1) is 31.1 Å². The Morgan fingerprint density at radius 1 is 1.44 bits per heavy atom. The number of fused-ring (bicyclic) bond motifs is 1. The summed E-state index contributed by atoms with van der Waals surface area (Å²) >= 11 is 1.51. The minimum Gasteiger partial charge on any atom is -0.486 e. The highest BCUT2D eigenvalue weighted by molar-refractivity contribution is 7.10. The summed E-state index contributed by atoms with van der Waals surface area (Å²) in [6.45, 7) is 3.18. The normalized spacial score (nSPS) is 19.2. The lowest BCUT2D eigenvalue weighted by molar-refractivity contribution is 0.141. The molecule has 1 fully saturated rings. The van der Waals surface area contributed by atoms with Gasteiger partial charge in [-0.1, -0.05) is 0 Å². The number of hydrogen-bond donors (Lipinski definition) is 2. The fourth-order valence-electron chi connectivity index (χ4n) is 3.26. The first-order valence-corrected chi connectivity index (χ1v) is 9.50. The fraction of sp³-hybridized carbons (Fsp3) is 0.316. The van der Waals surface area contributed by atoms with E-state index in [4.69, 9.17) is 9.47 Å². The van der Waals surface area contributed by atoms with Crippen LogP contribution < -0.4 is 10.1 Å². The molecule has 0 radical (unpaired) electrons. The van der Waals surface area contributed by atoms with Crippen LogP contribution >= 0.6 is 11.3 Å². The van der Waals surface area contributed by atoms with Crippen molar-refractivity contribution < 1.29 is 23.8 Å². The predicted octanol–water partition coefficient (Wildman–Crippen LogP) is 4.35. The Balaban J connectivity index is 1.70. The van der Waals surface area contributed by atoms with E-state index in [0.717, 1.165) is 16.9 Å². The number of carbonyl (C=O) groups is 1. The predicted molar refractivity (Wildman–Crippen MR) is 100 cm³/mol. The van der Waals surface area contributed by atoms with Gasteiger partial charge >= 0.3 is 6.09 Å². The van der Waals surface area contributed by atoms with Crippen LogP contribution in [0.4, 0.5) is 14.9 Å². The minimum atomic E-state index is -1.01. The number of nitrogens with one attached hydrogen (secondary N) is 1. The molecule has 0 spiro atoms. The molecule has 2 aromatic rings. The number of carboxylic acid groups (broad SMARTS) is 1. The van der Waals surface area contributed by atoms with Gasteiger partial charge in [-0.2, -0.15) is 0 Å². The van der Waals surface area contributed by atoms with Crippen LogP contribution in [0.25, 0.3) is 5.70 Å². The lowest BCUT2D eigenvalue weighted by Crippen LogP contribution is -2.31. The maximum Gasteiger partial charge on any atom is 0.411 e. The van der Waals surface area contributed by atoms with Crippen LogP contribution in [0.15, 0.2) is 35.3 Å². The Labute approximate surface area is 159 Å². The molecule has 142 valence electrons. The van der Waals surface area contributed by atoms with Gasteiger partial charge in [-0.15, -0.1) is 11.3 Å². The van der Waals surface area contributed by atoms with Gasteiger partial charge in [0.2, 0.25) is 0 Å². The van der Waals surface area contributed by atoms with Gasteiger partial charge in [0.15, 0.2) is 0 Å². The van der Waals surface area contributed by atoms with Crippen molar-refractivity contribution in [3.8, 4) is 5.75 Å². The van der Waals surface area contributed by atoms with Crippen molar-refractivity contribution in [2.24, 2.45) is 0 Å². The van der Waals surface area contributed by atoms with Gasteiger partial charge in [-0.3, -0.25) is 4.90 Å². The maximum atomic E-state index is 13.8. The number of rotatable bonds is 4. The van der Waals surface area contributed by atoms with E-state index >= 15 is 0 Å². The number of ether oxygens (including phenoxy) is 2. The van der Waals surface area contributed by atoms with Crippen LogP contribution in [0.3, 0.4) is 0 Å². The Morgan fingerprint density at radius 3 is 3.04 bits per heavy atom. The second kappa shape index (κ2) is 7.21. The van der Waals surface area contributed by atoms with Gasteiger partial charge in [-0.05, 0) is 30.5 Å². The zero-order valence-corrected chi connectivity index (χ0v) is 15.5. The van der Waals surface area contributed by atoms with Gasteiger partial charge in [0.1, 0.15) is 17.7 Å². The Hall–Kier alpha value is -2.58. The van der Waals surface area contributed by atoms with Gasteiger partial charge in [0, 0.05) is 28.6 Å². The van der Waals surface area contributed by atoms with Gasteiger partial charge < -0.3 is 19.9 Å². The third kappa shape index (κ3) is 3.50. The molecule has 1 aromatic carbocycles. The lowest BCUT2D eigenvalue weighted by atomic mass is 10.1. The summed E-state index contributed by atoms with van der Waals surface area (Å²) in [5, 5.41) is 14.7. The summed E-state index contributed by atoms with van der Waals surface area (Å²) in [7, 11) is 0. The second-order valence-corrected chi connectivity index (χ2v) is 7.46. The first kappa shape index (κ1) is 17.8. The van der Waals surface area contributed by atoms with Crippen molar-refractivity contribution in [3.63, 3.8) is 0 Å². The number of halogens is 1. The van der Waals surface area contributed by atoms with Crippen LogP contribution in [-0.4, -0.2) is 35.4 Å². The van der Waals surface area contributed by atoms with Crippen molar-refractivity contribution in [1.29, 1.82) is 0 Å². The van der Waals surface area contributed by atoms with E-state index in [1.54, 1.807) is 13.0 Å². The smallest absolute Gasteiger partial charge is 0.411 e. The topological polar surface area (TPSA) is 71.0 Å². The number of nitrogens with zero attached hydrogens (tertiary/aromatic N) is 1. The number of benzene rings is 1. The molecule has 3 heterocycles. The van der Waals surface area contributed by atoms with Crippen molar-refractivity contribution in [2.45, 2.75) is 26.0 Å². The van der Waals surface area contributed by atoms with Crippen LogP contribution in [0, 0.1) is 5.82 Å². The van der Waals surface area contributed by atoms with Gasteiger partial charge in [0.25, 0.3) is 0 Å². The Morgan fingerprint density at radius 2 is 2.30 bits per heavy atom. The number of allylic oxidation sites excluding steroid dienone is 1. The molecule has 1 amide bonds. The summed E-state index contributed by atoms with van der Waals surface area (Å²) in [5.74, 6) is -0.0118. The molecule has 1 aromatic heterocycles. The molecule has 0 bridgehead atoms. The summed E-state index contributed by atoms with van der Waals surface area (Å²) in [6.07, 6.45) is -0.385. The molecule has 6 nitrogen and oxygen atoms in total. The average Bonchev–Trinajstić information content (AvgIpc) is 3.30. The first-order valence-electron chi connectivity index (χ1n) is 8.62. The molecular formula is C19H19FN2O4S. The summed E-state index contributed by atoms with van der Waals surface area (Å²) in [5.41, 5.74) is 2.81. The highest BCUT2D eigenvalue weighted by atomic mass is 32.1. The maximum absolute atomic E-state index is 13.8. The molecule has 0 aliphatic carbocycles. The third-order valence-corrected chi connectivity index (χ3v) is 5.60. The number of amides is 1. The van der Waals surface area contributed by atoms with Crippen LogP contribution in [0.1, 0.15) is 23.8 Å². The van der Waals surface area contributed by atoms with Crippen LogP contribution in [0.2, 0.25) is 0 Å². The Kier molecular flexibility index (Phi) is 4.75. The number of anilines is 1.